The van der Waals surface area contributed by atoms with Crippen molar-refractivity contribution in [3.8, 4) is 0 Å². The zero-order chi connectivity index (χ0) is 36.0. The van der Waals surface area contributed by atoms with Gasteiger partial charge in [-0.05, 0) is 25.2 Å². The van der Waals surface area contributed by atoms with Gasteiger partial charge in [0.25, 0.3) is 0 Å². The number of hydrogen-bond acceptors (Lipinski definition) is 6. The van der Waals surface area contributed by atoms with Crippen molar-refractivity contribution in [3.05, 3.63) is 0 Å². The second-order valence-electron chi connectivity index (χ2n) is 15.1. The predicted molar refractivity (Wildman–Crippen MR) is 206 cm³/mol. The molecule has 0 aromatic heterocycles. The summed E-state index contributed by atoms with van der Waals surface area (Å²) in [6, 6.07) is 0. The van der Waals surface area contributed by atoms with E-state index in [-0.39, 0.29) is 31.1 Å². The van der Waals surface area contributed by atoms with Gasteiger partial charge in [0.2, 0.25) is 0 Å². The number of esters is 3. The molecule has 0 heterocycles. The van der Waals surface area contributed by atoms with Gasteiger partial charge in [-0.3, -0.25) is 14.4 Å². The minimum atomic E-state index is -0.757. The van der Waals surface area contributed by atoms with E-state index in [1.165, 1.54) is 122 Å². The fourth-order valence-corrected chi connectivity index (χ4v) is 6.27. The van der Waals surface area contributed by atoms with Gasteiger partial charge in [-0.2, -0.15) is 0 Å². The van der Waals surface area contributed by atoms with Gasteiger partial charge < -0.3 is 14.2 Å². The molecule has 6 nitrogen and oxygen atoms in total. The van der Waals surface area contributed by atoms with Crippen molar-refractivity contribution < 1.29 is 28.6 Å². The number of unbranched alkanes of at least 4 members (excludes halogenated alkanes) is 25. The van der Waals surface area contributed by atoms with Crippen LogP contribution in [0, 0.1) is 5.92 Å². The van der Waals surface area contributed by atoms with Gasteiger partial charge in [0, 0.05) is 19.3 Å². The molecule has 0 amide bonds. The van der Waals surface area contributed by atoms with Crippen molar-refractivity contribution in [2.24, 2.45) is 5.92 Å². The molecular weight excluding hydrogens is 612 g/mol. The monoisotopic (exact) mass is 695 g/mol. The third-order valence-electron chi connectivity index (χ3n) is 9.54. The Bertz CT molecular complexity index is 736. The van der Waals surface area contributed by atoms with E-state index in [0.29, 0.717) is 19.3 Å². The van der Waals surface area contributed by atoms with Crippen LogP contribution >= 0.6 is 0 Å². The summed E-state index contributed by atoms with van der Waals surface area (Å²) in [4.78, 5) is 37.3. The SMILES string of the molecule is CCCCCCCCCCCCCCCCC(=O)OC[C@@H](COC(=O)CCCCCCC)OC(=O)CCCCCCCCCCCC(C)C. The third kappa shape index (κ3) is 37.5. The standard InChI is InChI=1S/C43H82O6/c1-5-7-9-11-12-13-14-15-16-17-20-23-27-31-35-42(45)48-38-40(37-47-41(44)34-30-25-10-8-6-2)49-43(46)36-32-28-24-21-18-19-22-26-29-33-39(3)4/h39-40H,5-38H2,1-4H3/t40-/m1/s1. The smallest absolute Gasteiger partial charge is 0.306 e. The molecule has 0 spiro atoms. The Labute approximate surface area is 304 Å². The molecule has 0 rings (SSSR count). The highest BCUT2D eigenvalue weighted by molar-refractivity contribution is 5.71. The van der Waals surface area contributed by atoms with Crippen LogP contribution in [0.4, 0.5) is 0 Å². The molecule has 6 heteroatoms. The molecule has 0 radical (unpaired) electrons. The first-order chi connectivity index (χ1) is 23.9. The van der Waals surface area contributed by atoms with Crippen LogP contribution in [-0.4, -0.2) is 37.2 Å². The number of carbonyl (C=O) groups is 3. The molecule has 0 aromatic carbocycles. The zero-order valence-electron chi connectivity index (χ0n) is 33.1. The van der Waals surface area contributed by atoms with Crippen LogP contribution in [0.2, 0.25) is 0 Å². The van der Waals surface area contributed by atoms with Gasteiger partial charge in [0.1, 0.15) is 13.2 Å². The summed E-state index contributed by atoms with van der Waals surface area (Å²) in [7, 11) is 0. The molecule has 0 saturated heterocycles. The number of rotatable bonds is 38. The van der Waals surface area contributed by atoms with Crippen LogP contribution in [0.25, 0.3) is 0 Å². The lowest BCUT2D eigenvalue weighted by Crippen LogP contribution is -2.30. The fourth-order valence-electron chi connectivity index (χ4n) is 6.27. The first-order valence-corrected chi connectivity index (χ1v) is 21.4. The summed E-state index contributed by atoms with van der Waals surface area (Å²) in [6.07, 6.45) is 35.4. The molecule has 0 unspecified atom stereocenters. The summed E-state index contributed by atoms with van der Waals surface area (Å²) in [6.45, 7) is 8.88. The maximum absolute atomic E-state index is 12.6. The Hall–Kier alpha value is -1.59. The van der Waals surface area contributed by atoms with Crippen molar-refractivity contribution in [3.63, 3.8) is 0 Å². The molecule has 0 N–H and O–H groups in total. The van der Waals surface area contributed by atoms with Crippen molar-refractivity contribution in [1.82, 2.24) is 0 Å². The average Bonchev–Trinajstić information content (AvgIpc) is 3.08. The van der Waals surface area contributed by atoms with E-state index in [9.17, 15) is 14.4 Å². The third-order valence-corrected chi connectivity index (χ3v) is 9.54. The molecule has 290 valence electrons. The van der Waals surface area contributed by atoms with Crippen molar-refractivity contribution in [2.75, 3.05) is 13.2 Å². The number of ether oxygens (including phenoxy) is 3. The van der Waals surface area contributed by atoms with Crippen LogP contribution in [-0.2, 0) is 28.6 Å². The topological polar surface area (TPSA) is 78.9 Å². The molecule has 0 aromatic rings. The lowest BCUT2D eigenvalue weighted by Gasteiger charge is -2.18. The highest BCUT2D eigenvalue weighted by Gasteiger charge is 2.19. The maximum atomic E-state index is 12.6. The zero-order valence-corrected chi connectivity index (χ0v) is 33.1. The van der Waals surface area contributed by atoms with Gasteiger partial charge in [-0.1, -0.05) is 195 Å². The lowest BCUT2D eigenvalue weighted by atomic mass is 10.0. The molecule has 0 aliphatic rings. The van der Waals surface area contributed by atoms with E-state index in [0.717, 1.165) is 70.1 Å². The van der Waals surface area contributed by atoms with Gasteiger partial charge >= 0.3 is 17.9 Å². The predicted octanol–water partition coefficient (Wildman–Crippen LogP) is 13.2. The highest BCUT2D eigenvalue weighted by atomic mass is 16.6. The Balaban J connectivity index is 4.21. The molecule has 0 bridgehead atoms. The quantitative estimate of drug-likeness (QED) is 0.0364. The molecule has 0 saturated carbocycles. The Morgan fingerprint density at radius 3 is 1.00 bits per heavy atom. The second-order valence-corrected chi connectivity index (χ2v) is 15.1. The largest absolute Gasteiger partial charge is 0.462 e. The molecule has 0 fully saturated rings. The van der Waals surface area contributed by atoms with Crippen LogP contribution < -0.4 is 0 Å². The van der Waals surface area contributed by atoms with Crippen LogP contribution in [0.1, 0.15) is 233 Å². The van der Waals surface area contributed by atoms with Gasteiger partial charge in [0.05, 0.1) is 0 Å². The van der Waals surface area contributed by atoms with E-state index in [1.807, 2.05) is 0 Å². The van der Waals surface area contributed by atoms with Gasteiger partial charge in [-0.15, -0.1) is 0 Å². The van der Waals surface area contributed by atoms with E-state index >= 15 is 0 Å². The summed E-state index contributed by atoms with van der Waals surface area (Å²) < 4.78 is 16.6. The average molecular weight is 695 g/mol. The Kier molecular flexibility index (Phi) is 36.4. The number of hydrogen-bond donors (Lipinski definition) is 0. The molecule has 49 heavy (non-hydrogen) atoms. The summed E-state index contributed by atoms with van der Waals surface area (Å²) in [5.41, 5.74) is 0. The van der Waals surface area contributed by atoms with Crippen molar-refractivity contribution in [1.29, 1.82) is 0 Å². The van der Waals surface area contributed by atoms with E-state index < -0.39 is 6.10 Å². The summed E-state index contributed by atoms with van der Waals surface area (Å²) >= 11 is 0. The second kappa shape index (κ2) is 37.7. The highest BCUT2D eigenvalue weighted by Crippen LogP contribution is 2.16. The molecule has 0 aliphatic carbocycles. The van der Waals surface area contributed by atoms with Crippen molar-refractivity contribution >= 4 is 17.9 Å². The molecule has 1 atom stereocenters. The molecule has 0 aliphatic heterocycles. The van der Waals surface area contributed by atoms with Gasteiger partial charge in [0.15, 0.2) is 6.10 Å². The minimum Gasteiger partial charge on any atom is -0.462 e. The van der Waals surface area contributed by atoms with Crippen LogP contribution in [0.15, 0.2) is 0 Å². The first kappa shape index (κ1) is 47.4. The minimum absolute atomic E-state index is 0.0654. The van der Waals surface area contributed by atoms with Gasteiger partial charge in [-0.25, -0.2) is 0 Å². The lowest BCUT2D eigenvalue weighted by molar-refractivity contribution is -0.167. The Morgan fingerprint density at radius 1 is 0.388 bits per heavy atom. The first-order valence-electron chi connectivity index (χ1n) is 21.4. The van der Waals surface area contributed by atoms with Crippen LogP contribution in [0.3, 0.4) is 0 Å². The van der Waals surface area contributed by atoms with E-state index in [2.05, 4.69) is 27.7 Å². The normalized spacial score (nSPS) is 11.9. The fraction of sp³-hybridized carbons (Fsp3) is 0.930. The summed E-state index contributed by atoms with van der Waals surface area (Å²) in [5.74, 6) is -0.0667. The van der Waals surface area contributed by atoms with Crippen molar-refractivity contribution in [2.45, 2.75) is 239 Å². The van der Waals surface area contributed by atoms with Crippen LogP contribution in [0.5, 0.6) is 0 Å². The van der Waals surface area contributed by atoms with E-state index in [4.69, 9.17) is 14.2 Å². The number of carbonyl (C=O) groups excluding carboxylic acids is 3. The van der Waals surface area contributed by atoms with E-state index in [1.54, 1.807) is 0 Å². The Morgan fingerprint density at radius 2 is 0.673 bits per heavy atom. The maximum Gasteiger partial charge on any atom is 0.306 e. The summed E-state index contributed by atoms with van der Waals surface area (Å²) in [5, 5.41) is 0. The molecular formula is C43H82O6.